The summed E-state index contributed by atoms with van der Waals surface area (Å²) in [5.41, 5.74) is 13.4. The Morgan fingerprint density at radius 1 is 0.353 bits per heavy atom. The first-order chi connectivity index (χ1) is 33.7. The minimum atomic E-state index is -0.00350. The largest absolute Gasteiger partial charge is 0.318 e. The molecule has 0 N–H and O–H groups in total. The fourth-order valence-corrected chi connectivity index (χ4v) is 9.92. The van der Waals surface area contributed by atoms with E-state index in [1.54, 1.807) is 0 Å². The Morgan fingerprint density at radius 3 is 1.37 bits per heavy atom. The van der Waals surface area contributed by atoms with Crippen molar-refractivity contribution in [1.82, 2.24) is 34.5 Å². The third-order valence-corrected chi connectivity index (χ3v) is 13.0. The van der Waals surface area contributed by atoms with Gasteiger partial charge in [-0.1, -0.05) is 176 Å². The van der Waals surface area contributed by atoms with Gasteiger partial charge in [-0.2, -0.15) is 0 Å². The fraction of sp³-hybridized carbons (Fsp3) is 0.0333. The molecule has 0 spiro atoms. The van der Waals surface area contributed by atoms with Crippen LogP contribution in [0.5, 0.6) is 0 Å². The molecule has 0 radical (unpaired) electrons. The highest BCUT2D eigenvalue weighted by atomic mass is 15.2. The van der Waals surface area contributed by atoms with E-state index in [2.05, 4.69) is 155 Å². The number of pyridine rings is 2. The highest BCUT2D eigenvalue weighted by Crippen LogP contribution is 2.52. The molecule has 6 aromatic carbocycles. The molecule has 8 heteroatoms. The SMILES string of the molecule is C1=CC2c3c(ccc4c3c3ccccc3n4-c3cccc(-c4nc(-c5ccccc5)cc(-c5ccccc5)n4)n3)N(c3cccc(-c4nc(-c5ccccc5)cc(-c5ccccc5)n4)n3)C2C=C1. The number of hydrogen-bond donors (Lipinski definition) is 0. The highest BCUT2D eigenvalue weighted by Gasteiger charge is 2.40. The summed E-state index contributed by atoms with van der Waals surface area (Å²) in [5.74, 6) is 2.82. The summed E-state index contributed by atoms with van der Waals surface area (Å²) in [7, 11) is 0. The quantitative estimate of drug-likeness (QED) is 0.150. The van der Waals surface area contributed by atoms with Crippen LogP contribution in [0, 0.1) is 0 Å². The van der Waals surface area contributed by atoms with Gasteiger partial charge in [0.25, 0.3) is 0 Å². The smallest absolute Gasteiger partial charge is 0.179 e. The lowest BCUT2D eigenvalue weighted by atomic mass is 9.89. The topological polar surface area (TPSA) is 85.5 Å². The number of hydrogen-bond acceptors (Lipinski definition) is 7. The number of allylic oxidation sites excluding steroid dienone is 2. The second-order valence-electron chi connectivity index (χ2n) is 17.1. The van der Waals surface area contributed by atoms with Crippen molar-refractivity contribution in [3.63, 3.8) is 0 Å². The van der Waals surface area contributed by atoms with Crippen LogP contribution in [0.4, 0.5) is 11.5 Å². The van der Waals surface area contributed by atoms with E-state index in [9.17, 15) is 0 Å². The molecule has 1 aliphatic carbocycles. The van der Waals surface area contributed by atoms with Crippen LogP contribution < -0.4 is 4.90 Å². The second-order valence-corrected chi connectivity index (χ2v) is 17.1. The maximum absolute atomic E-state index is 5.38. The zero-order valence-electron chi connectivity index (χ0n) is 36.7. The predicted molar refractivity (Wildman–Crippen MR) is 274 cm³/mol. The maximum Gasteiger partial charge on any atom is 0.179 e. The Balaban J connectivity index is 0.946. The van der Waals surface area contributed by atoms with Gasteiger partial charge in [-0.15, -0.1) is 0 Å². The average Bonchev–Trinajstić information content (AvgIpc) is 3.95. The van der Waals surface area contributed by atoms with Crippen molar-refractivity contribution in [2.24, 2.45) is 0 Å². The molecular formula is C60H40N8. The maximum atomic E-state index is 5.38. The van der Waals surface area contributed by atoms with E-state index >= 15 is 0 Å². The first kappa shape index (κ1) is 39.2. The molecule has 2 atom stereocenters. The number of aromatic nitrogens is 7. The van der Waals surface area contributed by atoms with Crippen molar-refractivity contribution in [1.29, 1.82) is 0 Å². The van der Waals surface area contributed by atoms with Crippen LogP contribution in [-0.4, -0.2) is 40.5 Å². The molecule has 68 heavy (non-hydrogen) atoms. The zero-order valence-corrected chi connectivity index (χ0v) is 36.7. The molecule has 0 saturated heterocycles. The number of fused-ring (bicyclic) bond motifs is 7. The molecule has 2 aliphatic rings. The molecule has 0 amide bonds. The summed E-state index contributed by atoms with van der Waals surface area (Å²) < 4.78 is 2.29. The first-order valence-corrected chi connectivity index (χ1v) is 22.9. The summed E-state index contributed by atoms with van der Waals surface area (Å²) in [4.78, 5) is 33.6. The standard InChI is InChI=1S/C60H40N8/c1-5-19-39(20-6-1)47-37-48(40-21-7-2-8-22-40)64-59(63-47)45-29-17-33-55(61-45)67-51-31-15-13-27-43(51)57-53(67)35-36-54-58(57)44-28-14-16-32-52(44)68(54)56-34-18-30-46(62-56)60-65-49(41-23-9-3-10-24-41)38-50(66-60)42-25-11-4-12-26-42/h1-38,43,51H. The average molecular weight is 873 g/mol. The Morgan fingerprint density at radius 2 is 0.824 bits per heavy atom. The van der Waals surface area contributed by atoms with E-state index < -0.39 is 0 Å². The van der Waals surface area contributed by atoms with Crippen molar-refractivity contribution in [2.45, 2.75) is 12.0 Å². The Labute approximate surface area is 393 Å². The van der Waals surface area contributed by atoms with Crippen molar-refractivity contribution in [3.8, 4) is 73.9 Å². The van der Waals surface area contributed by atoms with Crippen LogP contribution in [0.3, 0.4) is 0 Å². The lowest BCUT2D eigenvalue weighted by Crippen LogP contribution is -2.29. The third-order valence-electron chi connectivity index (χ3n) is 13.0. The number of anilines is 2. The van der Waals surface area contributed by atoms with Crippen LogP contribution >= 0.6 is 0 Å². The summed E-state index contributed by atoms with van der Waals surface area (Å²) >= 11 is 0. The van der Waals surface area contributed by atoms with Gasteiger partial charge >= 0.3 is 0 Å². The molecule has 0 fully saturated rings. The Hall–Kier alpha value is -9.14. The Bertz CT molecular complexity index is 3640. The van der Waals surface area contributed by atoms with Gasteiger partial charge in [0.1, 0.15) is 23.0 Å². The lowest BCUT2D eigenvalue weighted by molar-refractivity contribution is 0.741. The minimum Gasteiger partial charge on any atom is -0.318 e. The Kier molecular flexibility index (Phi) is 9.45. The van der Waals surface area contributed by atoms with E-state index in [1.807, 2.05) is 84.9 Å². The third kappa shape index (κ3) is 6.77. The normalized spacial score (nSPS) is 14.9. The van der Waals surface area contributed by atoms with E-state index in [4.69, 9.17) is 29.9 Å². The number of rotatable bonds is 8. The molecule has 5 aromatic heterocycles. The molecule has 13 rings (SSSR count). The first-order valence-electron chi connectivity index (χ1n) is 22.9. The van der Waals surface area contributed by atoms with Gasteiger partial charge in [0.15, 0.2) is 11.6 Å². The molecule has 0 saturated carbocycles. The van der Waals surface area contributed by atoms with Crippen LogP contribution in [-0.2, 0) is 0 Å². The van der Waals surface area contributed by atoms with Crippen molar-refractivity contribution >= 4 is 33.3 Å². The highest BCUT2D eigenvalue weighted by molar-refractivity contribution is 6.13. The van der Waals surface area contributed by atoms with E-state index in [1.165, 1.54) is 10.9 Å². The molecular weight excluding hydrogens is 833 g/mol. The van der Waals surface area contributed by atoms with Gasteiger partial charge in [-0.3, -0.25) is 4.57 Å². The molecule has 2 unspecified atom stereocenters. The van der Waals surface area contributed by atoms with Crippen LogP contribution in [0.1, 0.15) is 11.5 Å². The summed E-state index contributed by atoms with van der Waals surface area (Å²) in [6.07, 6.45) is 8.94. The summed E-state index contributed by atoms with van der Waals surface area (Å²) in [6.45, 7) is 0. The molecule has 320 valence electrons. The van der Waals surface area contributed by atoms with Gasteiger partial charge in [-0.05, 0) is 60.2 Å². The molecule has 6 heterocycles. The molecule has 1 aliphatic heterocycles. The van der Waals surface area contributed by atoms with E-state index in [0.717, 1.165) is 78.8 Å². The van der Waals surface area contributed by atoms with E-state index in [-0.39, 0.29) is 12.0 Å². The van der Waals surface area contributed by atoms with Crippen LogP contribution in [0.25, 0.3) is 95.7 Å². The van der Waals surface area contributed by atoms with Gasteiger partial charge in [0.05, 0.1) is 39.9 Å². The van der Waals surface area contributed by atoms with Crippen LogP contribution in [0.15, 0.2) is 231 Å². The summed E-state index contributed by atoms with van der Waals surface area (Å²) in [5, 5.41) is 2.35. The molecule has 0 bridgehead atoms. The number of nitrogens with zero attached hydrogens (tertiary/aromatic N) is 8. The van der Waals surface area contributed by atoms with Crippen molar-refractivity contribution < 1.29 is 0 Å². The number of benzene rings is 6. The molecule has 8 nitrogen and oxygen atoms in total. The van der Waals surface area contributed by atoms with E-state index in [0.29, 0.717) is 23.0 Å². The van der Waals surface area contributed by atoms with Crippen molar-refractivity contribution in [3.05, 3.63) is 236 Å². The molecule has 11 aromatic rings. The lowest BCUT2D eigenvalue weighted by Gasteiger charge is -2.27. The summed E-state index contributed by atoms with van der Waals surface area (Å²) in [6, 6.07) is 70.6. The van der Waals surface area contributed by atoms with Gasteiger partial charge < -0.3 is 4.90 Å². The minimum absolute atomic E-state index is 0.00350. The number of para-hydroxylation sites is 1. The van der Waals surface area contributed by atoms with Crippen LogP contribution in [0.2, 0.25) is 0 Å². The predicted octanol–water partition coefficient (Wildman–Crippen LogP) is 13.9. The zero-order chi connectivity index (χ0) is 45.0. The van der Waals surface area contributed by atoms with Gasteiger partial charge in [-0.25, -0.2) is 29.9 Å². The van der Waals surface area contributed by atoms with Crippen molar-refractivity contribution in [2.75, 3.05) is 4.90 Å². The monoisotopic (exact) mass is 872 g/mol. The fourth-order valence-electron chi connectivity index (χ4n) is 9.92. The second kappa shape index (κ2) is 16.4. The van der Waals surface area contributed by atoms with Gasteiger partial charge in [0.2, 0.25) is 0 Å². The van der Waals surface area contributed by atoms with Gasteiger partial charge in [0, 0.05) is 44.6 Å².